The van der Waals surface area contributed by atoms with Gasteiger partial charge in [-0.25, -0.2) is 4.79 Å². The number of ether oxygens (including phenoxy) is 1. The van der Waals surface area contributed by atoms with Crippen LogP contribution in [0.1, 0.15) is 152 Å². The van der Waals surface area contributed by atoms with E-state index in [2.05, 4.69) is 42.0 Å². The van der Waals surface area contributed by atoms with Gasteiger partial charge in [0.2, 0.25) is 17.7 Å². The van der Waals surface area contributed by atoms with Crippen LogP contribution in [0.25, 0.3) is 0 Å². The molecular weight excluding hydrogens is 596 g/mol. The number of nitrogens with one attached hydrogen (secondary N) is 4. The molecular formula is C37H68N4O6. The van der Waals surface area contributed by atoms with Gasteiger partial charge in [-0.05, 0) is 63.7 Å². The summed E-state index contributed by atoms with van der Waals surface area (Å²) in [5.41, 5.74) is -0.762. The van der Waals surface area contributed by atoms with Crippen LogP contribution in [-0.2, 0) is 19.1 Å². The third-order valence-corrected chi connectivity index (χ3v) is 9.45. The number of hydrogen-bond donors (Lipinski definition) is 5. The molecule has 0 heterocycles. The molecule has 2 fully saturated rings. The molecule has 0 aromatic carbocycles. The Hall–Kier alpha value is -2.36. The summed E-state index contributed by atoms with van der Waals surface area (Å²) in [6, 6.07) is -2.19. The van der Waals surface area contributed by atoms with Crippen LogP contribution in [-0.4, -0.2) is 65.3 Å². The Labute approximate surface area is 285 Å². The number of carbonyl (C=O) groups excluding carboxylic acids is 4. The average molecular weight is 665 g/mol. The molecule has 0 unspecified atom stereocenters. The largest absolute Gasteiger partial charge is 0.444 e. The predicted octanol–water partition coefficient (Wildman–Crippen LogP) is 6.14. The molecule has 5 N–H and O–H groups in total. The van der Waals surface area contributed by atoms with Crippen molar-refractivity contribution < 1.29 is 29.0 Å². The molecule has 0 aromatic heterocycles. The van der Waals surface area contributed by atoms with Crippen molar-refractivity contribution in [1.29, 1.82) is 0 Å². The van der Waals surface area contributed by atoms with Crippen LogP contribution in [0.15, 0.2) is 0 Å². The monoisotopic (exact) mass is 665 g/mol. The first-order chi connectivity index (χ1) is 22.0. The summed E-state index contributed by atoms with van der Waals surface area (Å²) >= 11 is 0. The van der Waals surface area contributed by atoms with E-state index in [0.29, 0.717) is 44.1 Å². The number of rotatable bonds is 16. The van der Waals surface area contributed by atoms with Crippen molar-refractivity contribution in [1.82, 2.24) is 21.3 Å². The van der Waals surface area contributed by atoms with Gasteiger partial charge in [0.25, 0.3) is 0 Å². The van der Waals surface area contributed by atoms with Crippen LogP contribution in [0, 0.1) is 23.2 Å². The highest BCUT2D eigenvalue weighted by molar-refractivity contribution is 5.91. The van der Waals surface area contributed by atoms with E-state index in [-0.39, 0.29) is 23.7 Å². The normalized spacial score (nSPS) is 19.9. The van der Waals surface area contributed by atoms with Crippen LogP contribution >= 0.6 is 0 Å². The highest BCUT2D eigenvalue weighted by Crippen LogP contribution is 2.30. The fraction of sp³-hybridized carbons (Fsp3) is 0.892. The molecule has 2 rings (SSSR count). The molecule has 272 valence electrons. The highest BCUT2D eigenvalue weighted by atomic mass is 16.6. The summed E-state index contributed by atoms with van der Waals surface area (Å²) in [5.74, 6) is -0.596. The molecule has 0 aliphatic heterocycles. The fourth-order valence-electron chi connectivity index (χ4n) is 6.80. The van der Waals surface area contributed by atoms with E-state index in [9.17, 15) is 24.3 Å². The van der Waals surface area contributed by atoms with Crippen molar-refractivity contribution in [2.75, 3.05) is 6.54 Å². The SMILES string of the molecule is CCC[C@H](NC(=O)[C@@H](CC1CCCCC1)NC(=O)OC(C)(C)C)C(=O)N[C@@H](CC1CCCCC1)[C@@H](O)C[C@@H](C)C(=O)NCC(C)(C)C. The minimum atomic E-state index is -0.915. The zero-order valence-electron chi connectivity index (χ0n) is 30.8. The number of alkyl carbamates (subject to hydrolysis) is 1. The molecule has 2 saturated carbocycles. The smallest absolute Gasteiger partial charge is 0.408 e. The van der Waals surface area contributed by atoms with E-state index in [1.807, 2.05) is 13.8 Å². The van der Waals surface area contributed by atoms with Gasteiger partial charge >= 0.3 is 6.09 Å². The zero-order valence-corrected chi connectivity index (χ0v) is 30.8. The average Bonchev–Trinajstić information content (AvgIpc) is 2.98. The Morgan fingerprint density at radius 3 is 1.79 bits per heavy atom. The molecule has 10 nitrogen and oxygen atoms in total. The van der Waals surface area contributed by atoms with Crippen molar-refractivity contribution in [3.05, 3.63) is 0 Å². The van der Waals surface area contributed by atoms with Crippen LogP contribution in [0.2, 0.25) is 0 Å². The summed E-state index contributed by atoms with van der Waals surface area (Å²) in [5, 5.41) is 23.3. The second-order valence-corrected chi connectivity index (χ2v) is 16.6. The fourth-order valence-corrected chi connectivity index (χ4v) is 6.80. The summed E-state index contributed by atoms with van der Waals surface area (Å²) in [6.45, 7) is 15.8. The van der Waals surface area contributed by atoms with Gasteiger partial charge in [-0.2, -0.15) is 0 Å². The number of amides is 4. The van der Waals surface area contributed by atoms with E-state index >= 15 is 0 Å². The molecule has 0 spiro atoms. The van der Waals surface area contributed by atoms with Crippen molar-refractivity contribution in [3.8, 4) is 0 Å². The van der Waals surface area contributed by atoms with Crippen molar-refractivity contribution >= 4 is 23.8 Å². The van der Waals surface area contributed by atoms with Gasteiger partial charge in [-0.1, -0.05) is 105 Å². The lowest BCUT2D eigenvalue weighted by Gasteiger charge is -2.33. The van der Waals surface area contributed by atoms with Crippen LogP contribution in [0.5, 0.6) is 0 Å². The summed E-state index contributed by atoms with van der Waals surface area (Å²) < 4.78 is 5.47. The molecule has 2 aliphatic carbocycles. The molecule has 2 aliphatic rings. The van der Waals surface area contributed by atoms with Gasteiger partial charge < -0.3 is 31.1 Å². The molecule has 47 heavy (non-hydrogen) atoms. The maximum atomic E-state index is 13.9. The molecule has 0 aromatic rings. The summed E-state index contributed by atoms with van der Waals surface area (Å²) in [7, 11) is 0. The van der Waals surface area contributed by atoms with E-state index in [0.717, 1.165) is 51.4 Å². The van der Waals surface area contributed by atoms with Crippen molar-refractivity contribution in [3.63, 3.8) is 0 Å². The van der Waals surface area contributed by atoms with Gasteiger partial charge in [0, 0.05) is 12.5 Å². The maximum absolute atomic E-state index is 13.9. The highest BCUT2D eigenvalue weighted by Gasteiger charge is 2.34. The predicted molar refractivity (Wildman–Crippen MR) is 187 cm³/mol. The minimum Gasteiger partial charge on any atom is -0.444 e. The van der Waals surface area contributed by atoms with E-state index < -0.39 is 47.7 Å². The van der Waals surface area contributed by atoms with Gasteiger partial charge in [-0.3, -0.25) is 14.4 Å². The quantitative estimate of drug-likeness (QED) is 0.134. The minimum absolute atomic E-state index is 0.0535. The molecule has 0 bridgehead atoms. The van der Waals surface area contributed by atoms with Crippen LogP contribution < -0.4 is 21.3 Å². The Morgan fingerprint density at radius 2 is 1.28 bits per heavy atom. The molecule has 0 saturated heterocycles. The first-order valence-electron chi connectivity index (χ1n) is 18.5. The number of aliphatic hydroxyl groups is 1. The topological polar surface area (TPSA) is 146 Å². The first kappa shape index (κ1) is 40.8. The van der Waals surface area contributed by atoms with Crippen LogP contribution in [0.3, 0.4) is 0 Å². The molecule has 10 heteroatoms. The number of aliphatic hydroxyl groups excluding tert-OH is 1. The first-order valence-corrected chi connectivity index (χ1v) is 18.5. The number of carbonyl (C=O) groups is 4. The lowest BCUT2D eigenvalue weighted by molar-refractivity contribution is -0.131. The van der Waals surface area contributed by atoms with Gasteiger partial charge in [0.1, 0.15) is 17.7 Å². The van der Waals surface area contributed by atoms with E-state index in [1.54, 1.807) is 20.8 Å². The second-order valence-electron chi connectivity index (χ2n) is 16.6. The van der Waals surface area contributed by atoms with Crippen LogP contribution in [0.4, 0.5) is 4.79 Å². The lowest BCUT2D eigenvalue weighted by atomic mass is 9.82. The Bertz CT molecular complexity index is 978. The Balaban J connectivity index is 2.17. The van der Waals surface area contributed by atoms with Crippen molar-refractivity contribution in [2.45, 2.75) is 182 Å². The van der Waals surface area contributed by atoms with Gasteiger partial charge in [0.05, 0.1) is 12.1 Å². The van der Waals surface area contributed by atoms with Crippen molar-refractivity contribution in [2.24, 2.45) is 23.2 Å². The maximum Gasteiger partial charge on any atom is 0.408 e. The standard InChI is InChI=1S/C37H68N4O6/c1-9-16-28(39-34(45)30(23-27-19-14-11-15-20-27)41-35(46)47-37(6,7)8)33(44)40-29(22-26-17-12-10-13-18-26)31(42)21-25(2)32(43)38-24-36(3,4)5/h25-31,42H,9-24H2,1-8H3,(H,38,43)(H,39,45)(H,40,44)(H,41,46)/t25-,28+,29+,30-,31+/m1/s1. The summed E-state index contributed by atoms with van der Waals surface area (Å²) in [4.78, 5) is 53.2. The molecule has 5 atom stereocenters. The Morgan fingerprint density at radius 1 is 0.745 bits per heavy atom. The van der Waals surface area contributed by atoms with Gasteiger partial charge in [0.15, 0.2) is 0 Å². The third kappa shape index (κ3) is 16.5. The van der Waals surface area contributed by atoms with E-state index in [4.69, 9.17) is 4.74 Å². The Kier molecular flexibility index (Phi) is 17.0. The van der Waals surface area contributed by atoms with Gasteiger partial charge in [-0.15, -0.1) is 0 Å². The van der Waals surface area contributed by atoms with E-state index in [1.165, 1.54) is 12.8 Å². The molecule has 4 amide bonds. The summed E-state index contributed by atoms with van der Waals surface area (Å²) in [6.07, 6.45) is 11.8. The number of hydrogen-bond acceptors (Lipinski definition) is 6. The second kappa shape index (κ2) is 19.6. The zero-order chi connectivity index (χ0) is 35.2. The lowest BCUT2D eigenvalue weighted by Crippen LogP contribution is -2.57. The third-order valence-electron chi connectivity index (χ3n) is 9.45. The molecule has 0 radical (unpaired) electrons.